The molecule has 0 aliphatic carbocycles. The van der Waals surface area contributed by atoms with E-state index in [1.807, 2.05) is 38.5 Å². The molecule has 310 valence electrons. The first-order valence-electron chi connectivity index (χ1n) is 20.0. The second-order valence-corrected chi connectivity index (χ2v) is 14.9. The van der Waals surface area contributed by atoms with Crippen LogP contribution in [0.3, 0.4) is 0 Å². The van der Waals surface area contributed by atoms with Crippen molar-refractivity contribution in [3.8, 4) is 23.0 Å². The lowest BCUT2D eigenvalue weighted by Gasteiger charge is -2.19. The number of hydrogen-bond acceptors (Lipinski definition) is 10. The van der Waals surface area contributed by atoms with Crippen LogP contribution in [0.5, 0.6) is 23.0 Å². The molecule has 0 radical (unpaired) electrons. The van der Waals surface area contributed by atoms with Gasteiger partial charge in [-0.25, -0.2) is 4.79 Å². The topological polar surface area (TPSA) is 152 Å². The summed E-state index contributed by atoms with van der Waals surface area (Å²) >= 11 is 0. The van der Waals surface area contributed by atoms with Crippen molar-refractivity contribution in [2.24, 2.45) is 9.98 Å². The highest BCUT2D eigenvalue weighted by Gasteiger charge is 2.33. The van der Waals surface area contributed by atoms with Gasteiger partial charge < -0.3 is 39.2 Å². The number of aliphatic imine (C=N–C) groups is 2. The van der Waals surface area contributed by atoms with Crippen molar-refractivity contribution in [2.75, 3.05) is 34.5 Å². The van der Waals surface area contributed by atoms with Crippen LogP contribution in [-0.2, 0) is 11.3 Å². The van der Waals surface area contributed by atoms with Gasteiger partial charge in [0.1, 0.15) is 0 Å². The fraction of sp³-hybridized carbons (Fsp3) is 0.298. The third-order valence-corrected chi connectivity index (χ3v) is 10.8. The SMILES string of the molecule is CNCc1ccc(C2=CN3C(=O)c4cc(OC)c(OCCCCCOc5cc(N=CC6CC(c7ccc(C(=O)O)cc7)=CN6C=O)c(C)cc5OC)cc4N=CC3C2)cc1. The van der Waals surface area contributed by atoms with Gasteiger partial charge in [0.05, 0.1) is 62.0 Å². The molecule has 2 amide bonds. The Morgan fingerprint density at radius 2 is 1.52 bits per heavy atom. The summed E-state index contributed by atoms with van der Waals surface area (Å²) in [5.41, 5.74) is 7.95. The van der Waals surface area contributed by atoms with Crippen LogP contribution in [0.2, 0.25) is 0 Å². The Morgan fingerprint density at radius 1 is 0.867 bits per heavy atom. The Kier molecular flexibility index (Phi) is 13.0. The van der Waals surface area contributed by atoms with Crippen LogP contribution >= 0.6 is 0 Å². The van der Waals surface area contributed by atoms with Gasteiger partial charge in [-0.05, 0) is 90.9 Å². The van der Waals surface area contributed by atoms with E-state index in [0.29, 0.717) is 66.0 Å². The van der Waals surface area contributed by atoms with Crippen molar-refractivity contribution in [1.29, 1.82) is 0 Å². The number of nitrogens with one attached hydrogen (secondary N) is 1. The Morgan fingerprint density at radius 3 is 2.17 bits per heavy atom. The first-order valence-corrected chi connectivity index (χ1v) is 20.0. The minimum Gasteiger partial charge on any atom is -0.493 e. The average Bonchev–Trinajstić information content (AvgIpc) is 3.87. The maximum atomic E-state index is 13.8. The summed E-state index contributed by atoms with van der Waals surface area (Å²) in [5, 5.41) is 12.4. The first kappa shape index (κ1) is 41.4. The van der Waals surface area contributed by atoms with E-state index in [4.69, 9.17) is 28.9 Å². The Hall–Kier alpha value is -6.73. The zero-order valence-electron chi connectivity index (χ0n) is 34.2. The molecule has 4 aromatic carbocycles. The van der Waals surface area contributed by atoms with Gasteiger partial charge in [-0.15, -0.1) is 0 Å². The molecule has 0 bridgehead atoms. The number of carbonyl (C=O) groups excluding carboxylic acids is 2. The van der Waals surface area contributed by atoms with Crippen molar-refractivity contribution < 1.29 is 38.4 Å². The van der Waals surface area contributed by atoms with Crippen molar-refractivity contribution in [2.45, 2.75) is 57.7 Å². The van der Waals surface area contributed by atoms with E-state index in [1.165, 1.54) is 5.56 Å². The maximum Gasteiger partial charge on any atom is 0.335 e. The summed E-state index contributed by atoms with van der Waals surface area (Å²) in [4.78, 5) is 49.7. The number of carboxylic acids is 1. The monoisotopic (exact) mass is 811 g/mol. The molecule has 7 rings (SSSR count). The molecular weight excluding hydrogens is 763 g/mol. The minimum absolute atomic E-state index is 0.128. The largest absolute Gasteiger partial charge is 0.493 e. The zero-order valence-corrected chi connectivity index (χ0v) is 34.2. The molecule has 2 unspecified atom stereocenters. The standard InChI is InChI=1S/C47H49N5O8/c1-30-18-42(57-3)44(22-40(30)49-25-37-19-35(27-51(37)29-53)33-12-14-34(15-13-33)47(55)56)59-16-6-5-7-17-60-45-23-41-39(21-43(45)58-4)46(54)52-28-36(20-38(52)26-50-41)32-10-8-31(9-11-32)24-48-2/h8-15,18,21-23,25-29,37-38,48H,5-7,16-17,19-20,24H2,1-4H3,(H,55,56). The molecule has 0 aromatic heterocycles. The van der Waals surface area contributed by atoms with Gasteiger partial charge in [0.2, 0.25) is 6.41 Å². The number of ether oxygens (including phenoxy) is 4. The first-order chi connectivity index (χ1) is 29.2. The second kappa shape index (κ2) is 18.9. The highest BCUT2D eigenvalue weighted by molar-refractivity contribution is 6.05. The number of nitrogens with zero attached hydrogens (tertiary/aromatic N) is 4. The molecule has 0 fully saturated rings. The molecule has 3 aliphatic rings. The van der Waals surface area contributed by atoms with Crippen LogP contribution in [0, 0.1) is 6.92 Å². The number of aryl methyl sites for hydroxylation is 1. The molecule has 3 heterocycles. The number of fused-ring (bicyclic) bond motifs is 2. The number of carboxylic acid groups (broad SMARTS) is 1. The number of carbonyl (C=O) groups is 3. The molecule has 3 aliphatic heterocycles. The van der Waals surface area contributed by atoms with E-state index in [0.717, 1.165) is 60.1 Å². The van der Waals surface area contributed by atoms with Crippen molar-refractivity contribution >= 4 is 53.2 Å². The van der Waals surface area contributed by atoms with E-state index < -0.39 is 5.97 Å². The van der Waals surface area contributed by atoms with E-state index in [2.05, 4.69) is 29.6 Å². The number of methoxy groups -OCH3 is 2. The normalized spacial score (nSPS) is 16.9. The Bertz CT molecular complexity index is 2350. The second-order valence-electron chi connectivity index (χ2n) is 14.9. The molecule has 4 aromatic rings. The molecule has 2 N–H and O–H groups in total. The molecule has 13 heteroatoms. The van der Waals surface area contributed by atoms with Crippen molar-refractivity contribution in [3.05, 3.63) is 119 Å². The van der Waals surface area contributed by atoms with Gasteiger partial charge in [0.15, 0.2) is 23.0 Å². The minimum atomic E-state index is -0.989. The summed E-state index contributed by atoms with van der Waals surface area (Å²) in [5.74, 6) is 1.06. The predicted octanol–water partition coefficient (Wildman–Crippen LogP) is 8.00. The van der Waals surface area contributed by atoms with Crippen LogP contribution in [0.1, 0.15) is 75.1 Å². The molecule has 0 spiro atoms. The fourth-order valence-electron chi connectivity index (χ4n) is 7.50. The molecule has 0 saturated carbocycles. The number of aromatic carboxylic acids is 1. The van der Waals surface area contributed by atoms with Gasteiger partial charge in [-0.3, -0.25) is 19.6 Å². The summed E-state index contributed by atoms with van der Waals surface area (Å²) in [6.07, 6.45) is 11.6. The van der Waals surface area contributed by atoms with Gasteiger partial charge in [-0.1, -0.05) is 36.4 Å². The highest BCUT2D eigenvalue weighted by atomic mass is 16.5. The highest BCUT2D eigenvalue weighted by Crippen LogP contribution is 2.40. The lowest BCUT2D eigenvalue weighted by molar-refractivity contribution is -0.116. The number of benzene rings is 4. The molecule has 0 saturated heterocycles. The predicted molar refractivity (Wildman–Crippen MR) is 231 cm³/mol. The van der Waals surface area contributed by atoms with E-state index in [-0.39, 0.29) is 23.6 Å². The lowest BCUT2D eigenvalue weighted by atomic mass is 10.0. The fourth-order valence-corrected chi connectivity index (χ4v) is 7.50. The van der Waals surface area contributed by atoms with E-state index >= 15 is 0 Å². The van der Waals surface area contributed by atoms with Crippen LogP contribution < -0.4 is 24.3 Å². The number of hydrogen-bond donors (Lipinski definition) is 2. The third kappa shape index (κ3) is 9.26. The third-order valence-electron chi connectivity index (χ3n) is 10.8. The Labute approximate surface area is 349 Å². The van der Waals surface area contributed by atoms with Gasteiger partial charge in [0, 0.05) is 56.3 Å². The van der Waals surface area contributed by atoms with Crippen LogP contribution in [-0.4, -0.2) is 92.2 Å². The molecular formula is C47H49N5O8. The van der Waals surface area contributed by atoms with Crippen molar-refractivity contribution in [3.63, 3.8) is 0 Å². The van der Waals surface area contributed by atoms with Crippen LogP contribution in [0.25, 0.3) is 11.1 Å². The summed E-state index contributed by atoms with van der Waals surface area (Å²) < 4.78 is 23.6. The van der Waals surface area contributed by atoms with Crippen LogP contribution in [0.4, 0.5) is 11.4 Å². The number of rotatable bonds is 18. The molecule has 60 heavy (non-hydrogen) atoms. The van der Waals surface area contributed by atoms with Gasteiger partial charge >= 0.3 is 5.97 Å². The van der Waals surface area contributed by atoms with Gasteiger partial charge in [0.25, 0.3) is 5.91 Å². The summed E-state index contributed by atoms with van der Waals surface area (Å²) in [6.45, 7) is 3.63. The summed E-state index contributed by atoms with van der Waals surface area (Å²) in [6, 6.07) is 21.7. The summed E-state index contributed by atoms with van der Waals surface area (Å²) in [7, 11) is 5.09. The zero-order chi connectivity index (χ0) is 42.2. The number of unbranched alkanes of at least 4 members (excludes halogenated alkanes) is 2. The molecule has 2 atom stereocenters. The average molecular weight is 812 g/mol. The maximum absolute atomic E-state index is 13.8. The molecule has 13 nitrogen and oxygen atoms in total. The smallest absolute Gasteiger partial charge is 0.335 e. The lowest BCUT2D eigenvalue weighted by Crippen LogP contribution is -2.32. The van der Waals surface area contributed by atoms with Crippen molar-refractivity contribution in [1.82, 2.24) is 15.1 Å². The number of amides is 2. The van der Waals surface area contributed by atoms with Gasteiger partial charge in [-0.2, -0.15) is 0 Å². The van der Waals surface area contributed by atoms with E-state index in [9.17, 15) is 19.5 Å². The Balaban J connectivity index is 0.907. The van der Waals surface area contributed by atoms with E-state index in [1.54, 1.807) is 72.8 Å². The van der Waals surface area contributed by atoms with Crippen LogP contribution in [0.15, 0.2) is 95.2 Å². The quantitative estimate of drug-likeness (QED) is 0.0579.